The highest BCUT2D eigenvalue weighted by Crippen LogP contribution is 2.27. The van der Waals surface area contributed by atoms with Crippen molar-refractivity contribution in [3.05, 3.63) is 29.8 Å². The Bertz CT molecular complexity index is 378. The molecule has 0 bridgehead atoms. The number of fused-ring (bicyclic) bond motifs is 1. The zero-order valence-corrected chi connectivity index (χ0v) is 10.0. The number of carbonyl (C=O) groups is 1. The zero-order valence-electron chi connectivity index (χ0n) is 9.29. The first-order chi connectivity index (χ1) is 7.83. The monoisotopic (exact) mass is 237 g/mol. The van der Waals surface area contributed by atoms with Crippen LogP contribution in [0.4, 0.5) is 5.69 Å². The largest absolute Gasteiger partial charge is 0.312 e. The van der Waals surface area contributed by atoms with E-state index in [1.54, 1.807) is 0 Å². The van der Waals surface area contributed by atoms with Gasteiger partial charge in [0.05, 0.1) is 0 Å². The summed E-state index contributed by atoms with van der Waals surface area (Å²) < 4.78 is 0. The Hall–Kier alpha value is -1.02. The van der Waals surface area contributed by atoms with Gasteiger partial charge >= 0.3 is 0 Å². The summed E-state index contributed by atoms with van der Waals surface area (Å²) in [5, 5.41) is 0. The molecule has 0 saturated heterocycles. The second-order valence-corrected chi connectivity index (χ2v) is 4.45. The molecular weight excluding hydrogens is 222 g/mol. The molecule has 0 aromatic heterocycles. The molecule has 0 atom stereocenters. The third kappa shape index (κ3) is 2.38. The highest BCUT2D eigenvalue weighted by Gasteiger charge is 2.22. The van der Waals surface area contributed by atoms with E-state index in [-0.39, 0.29) is 5.91 Å². The van der Waals surface area contributed by atoms with Crippen LogP contribution in [0.25, 0.3) is 0 Å². The molecule has 0 aliphatic carbocycles. The predicted molar refractivity (Wildman–Crippen MR) is 67.1 cm³/mol. The van der Waals surface area contributed by atoms with Crippen molar-refractivity contribution >= 4 is 23.2 Å². The Morgan fingerprint density at radius 2 is 2.00 bits per heavy atom. The topological polar surface area (TPSA) is 20.3 Å². The summed E-state index contributed by atoms with van der Waals surface area (Å²) >= 11 is 5.65. The highest BCUT2D eigenvalue weighted by atomic mass is 35.5. The van der Waals surface area contributed by atoms with E-state index in [0.717, 1.165) is 31.5 Å². The van der Waals surface area contributed by atoms with Crippen molar-refractivity contribution in [2.45, 2.75) is 25.7 Å². The quantitative estimate of drug-likeness (QED) is 0.582. The molecule has 86 valence electrons. The molecule has 1 aromatic rings. The summed E-state index contributed by atoms with van der Waals surface area (Å²) in [6.45, 7) is 0.794. The van der Waals surface area contributed by atoms with Crippen LogP contribution in [0.15, 0.2) is 24.3 Å². The number of hydrogen-bond donors (Lipinski definition) is 0. The van der Waals surface area contributed by atoms with E-state index in [9.17, 15) is 4.79 Å². The smallest absolute Gasteiger partial charge is 0.227 e. The molecule has 3 heteroatoms. The van der Waals surface area contributed by atoms with Crippen LogP contribution in [0.5, 0.6) is 0 Å². The Labute approximate surface area is 101 Å². The fourth-order valence-corrected chi connectivity index (χ4v) is 2.30. The van der Waals surface area contributed by atoms with Crippen molar-refractivity contribution < 1.29 is 4.79 Å². The van der Waals surface area contributed by atoms with Crippen LogP contribution in [-0.2, 0) is 11.2 Å². The summed E-state index contributed by atoms with van der Waals surface area (Å²) in [6.07, 6.45) is 3.45. The van der Waals surface area contributed by atoms with Gasteiger partial charge in [0, 0.05) is 24.5 Å². The fourth-order valence-electron chi connectivity index (χ4n) is 2.11. The van der Waals surface area contributed by atoms with Gasteiger partial charge in [-0.1, -0.05) is 18.2 Å². The third-order valence-electron chi connectivity index (χ3n) is 2.96. The number of carbonyl (C=O) groups excluding carboxylic acids is 1. The normalized spacial score (nSPS) is 15.1. The molecule has 1 aliphatic rings. The number of para-hydroxylation sites is 1. The SMILES string of the molecule is O=C1CCc2ccccc2N1CCCCCl. The highest BCUT2D eigenvalue weighted by molar-refractivity contribution is 6.17. The molecule has 1 heterocycles. The van der Waals surface area contributed by atoms with E-state index in [0.29, 0.717) is 12.3 Å². The molecule has 1 aromatic carbocycles. The number of benzene rings is 1. The van der Waals surface area contributed by atoms with Crippen LogP contribution in [0.1, 0.15) is 24.8 Å². The molecular formula is C13H16ClNO. The van der Waals surface area contributed by atoms with Gasteiger partial charge < -0.3 is 4.90 Å². The van der Waals surface area contributed by atoms with Gasteiger partial charge in [0.15, 0.2) is 0 Å². The number of unbranched alkanes of at least 4 members (excludes halogenated alkanes) is 1. The van der Waals surface area contributed by atoms with E-state index in [1.807, 2.05) is 23.1 Å². The summed E-state index contributed by atoms with van der Waals surface area (Å²) in [5.74, 6) is 0.914. The minimum Gasteiger partial charge on any atom is -0.312 e. The number of halogens is 1. The molecule has 2 nitrogen and oxygen atoms in total. The van der Waals surface area contributed by atoms with E-state index >= 15 is 0 Å². The summed E-state index contributed by atoms with van der Waals surface area (Å²) in [7, 11) is 0. The number of aryl methyl sites for hydroxylation is 1. The molecule has 0 unspecified atom stereocenters. The predicted octanol–water partition coefficient (Wildman–Crippen LogP) is 2.98. The second kappa shape index (κ2) is 5.35. The Morgan fingerprint density at radius 3 is 2.81 bits per heavy atom. The molecule has 16 heavy (non-hydrogen) atoms. The van der Waals surface area contributed by atoms with E-state index < -0.39 is 0 Å². The van der Waals surface area contributed by atoms with Crippen LogP contribution in [0.3, 0.4) is 0 Å². The molecule has 0 spiro atoms. The lowest BCUT2D eigenvalue weighted by Crippen LogP contribution is -2.35. The maximum atomic E-state index is 11.8. The lowest BCUT2D eigenvalue weighted by atomic mass is 10.0. The lowest BCUT2D eigenvalue weighted by molar-refractivity contribution is -0.118. The molecule has 0 saturated carbocycles. The van der Waals surface area contributed by atoms with E-state index in [4.69, 9.17) is 11.6 Å². The third-order valence-corrected chi connectivity index (χ3v) is 3.22. The van der Waals surface area contributed by atoms with E-state index in [2.05, 4.69) is 6.07 Å². The minimum absolute atomic E-state index is 0.244. The minimum atomic E-state index is 0.244. The fraction of sp³-hybridized carbons (Fsp3) is 0.462. The maximum Gasteiger partial charge on any atom is 0.227 e. The first-order valence-corrected chi connectivity index (χ1v) is 6.30. The molecule has 1 amide bonds. The van der Waals surface area contributed by atoms with Gasteiger partial charge in [-0.3, -0.25) is 4.79 Å². The van der Waals surface area contributed by atoms with Crippen molar-refractivity contribution in [1.29, 1.82) is 0 Å². The van der Waals surface area contributed by atoms with Gasteiger partial charge in [0.25, 0.3) is 0 Å². The second-order valence-electron chi connectivity index (χ2n) is 4.07. The van der Waals surface area contributed by atoms with Crippen LogP contribution in [0, 0.1) is 0 Å². The number of alkyl halides is 1. The first kappa shape index (κ1) is 11.5. The molecule has 0 fully saturated rings. The Morgan fingerprint density at radius 1 is 1.19 bits per heavy atom. The summed E-state index contributed by atoms with van der Waals surface area (Å²) in [5.41, 5.74) is 2.38. The van der Waals surface area contributed by atoms with Crippen LogP contribution < -0.4 is 4.90 Å². The van der Waals surface area contributed by atoms with Gasteiger partial charge in [0.2, 0.25) is 5.91 Å². The standard InChI is InChI=1S/C13H16ClNO/c14-9-3-4-10-15-12-6-2-1-5-11(12)7-8-13(15)16/h1-2,5-6H,3-4,7-10H2. The number of amides is 1. The number of rotatable bonds is 4. The van der Waals surface area contributed by atoms with Crippen LogP contribution in [0.2, 0.25) is 0 Å². The van der Waals surface area contributed by atoms with E-state index in [1.165, 1.54) is 5.56 Å². The number of anilines is 1. The molecule has 2 rings (SSSR count). The number of nitrogens with zero attached hydrogens (tertiary/aromatic N) is 1. The van der Waals surface area contributed by atoms with Gasteiger partial charge in [-0.2, -0.15) is 0 Å². The van der Waals surface area contributed by atoms with Crippen LogP contribution >= 0.6 is 11.6 Å². The van der Waals surface area contributed by atoms with Crippen molar-refractivity contribution in [2.24, 2.45) is 0 Å². The Balaban J connectivity index is 2.13. The van der Waals surface area contributed by atoms with Gasteiger partial charge in [0.1, 0.15) is 0 Å². The van der Waals surface area contributed by atoms with Crippen molar-refractivity contribution in [3.63, 3.8) is 0 Å². The molecule has 0 radical (unpaired) electrons. The van der Waals surface area contributed by atoms with Crippen molar-refractivity contribution in [1.82, 2.24) is 0 Å². The molecule has 0 N–H and O–H groups in total. The van der Waals surface area contributed by atoms with Crippen molar-refractivity contribution in [2.75, 3.05) is 17.3 Å². The lowest BCUT2D eigenvalue weighted by Gasteiger charge is -2.29. The number of hydrogen-bond acceptors (Lipinski definition) is 1. The summed E-state index contributed by atoms with van der Waals surface area (Å²) in [4.78, 5) is 13.8. The Kier molecular flexibility index (Phi) is 3.83. The first-order valence-electron chi connectivity index (χ1n) is 5.77. The maximum absolute atomic E-state index is 11.8. The average Bonchev–Trinajstić information content (AvgIpc) is 2.32. The van der Waals surface area contributed by atoms with Crippen LogP contribution in [-0.4, -0.2) is 18.3 Å². The van der Waals surface area contributed by atoms with Gasteiger partial charge in [-0.25, -0.2) is 0 Å². The van der Waals surface area contributed by atoms with Gasteiger partial charge in [-0.15, -0.1) is 11.6 Å². The average molecular weight is 238 g/mol. The van der Waals surface area contributed by atoms with Crippen molar-refractivity contribution in [3.8, 4) is 0 Å². The summed E-state index contributed by atoms with van der Waals surface area (Å²) in [6, 6.07) is 8.17. The zero-order chi connectivity index (χ0) is 11.4. The van der Waals surface area contributed by atoms with Gasteiger partial charge in [-0.05, 0) is 30.9 Å². The molecule has 1 aliphatic heterocycles.